The van der Waals surface area contributed by atoms with Gasteiger partial charge in [-0.3, -0.25) is 0 Å². The Morgan fingerprint density at radius 3 is 3.06 bits per heavy atom. The molecule has 0 aliphatic carbocycles. The van der Waals surface area contributed by atoms with Crippen LogP contribution in [0.2, 0.25) is 0 Å². The molecule has 1 heterocycles. The van der Waals surface area contributed by atoms with E-state index >= 15 is 0 Å². The molecule has 0 fully saturated rings. The molecule has 0 amide bonds. The van der Waals surface area contributed by atoms with E-state index in [0.29, 0.717) is 13.0 Å². The van der Waals surface area contributed by atoms with Crippen LogP contribution >= 0.6 is 15.9 Å². The molecule has 1 aromatic carbocycles. The van der Waals surface area contributed by atoms with Crippen molar-refractivity contribution in [3.05, 3.63) is 40.1 Å². The van der Waals surface area contributed by atoms with Crippen LogP contribution in [0.15, 0.2) is 28.7 Å². The lowest BCUT2D eigenvalue weighted by Crippen LogP contribution is -2.05. The van der Waals surface area contributed by atoms with E-state index in [0.717, 1.165) is 23.3 Å². The second kappa shape index (κ2) is 6.61. The van der Waals surface area contributed by atoms with E-state index < -0.39 is 0 Å². The average Bonchev–Trinajstić information content (AvgIpc) is 2.77. The van der Waals surface area contributed by atoms with Gasteiger partial charge in [0.25, 0.3) is 0 Å². The summed E-state index contributed by atoms with van der Waals surface area (Å²) in [6.07, 6.45) is 1.59. The zero-order valence-corrected chi connectivity index (χ0v) is 11.8. The standard InChI is InChI=1S/C12H15BrN4O/c1-18-7-3-6-17-15-12(14-16-17)9-10-4-2-5-11(13)8-10/h2,4-5,8H,3,6-7,9H2,1H3. The van der Waals surface area contributed by atoms with Gasteiger partial charge in [0.15, 0.2) is 5.82 Å². The SMILES string of the molecule is COCCCn1nnc(Cc2cccc(Br)c2)n1. The minimum Gasteiger partial charge on any atom is -0.385 e. The second-order valence-corrected chi connectivity index (χ2v) is 4.87. The van der Waals surface area contributed by atoms with Crippen LogP contribution in [0.25, 0.3) is 0 Å². The van der Waals surface area contributed by atoms with Crippen molar-refractivity contribution in [1.82, 2.24) is 20.2 Å². The number of nitrogens with zero attached hydrogens (tertiary/aromatic N) is 4. The Kier molecular flexibility index (Phi) is 4.83. The molecule has 5 nitrogen and oxygen atoms in total. The number of hydrogen-bond acceptors (Lipinski definition) is 4. The quantitative estimate of drug-likeness (QED) is 0.766. The summed E-state index contributed by atoms with van der Waals surface area (Å²) in [6, 6.07) is 8.11. The van der Waals surface area contributed by atoms with Gasteiger partial charge in [-0.15, -0.1) is 10.2 Å². The van der Waals surface area contributed by atoms with E-state index in [4.69, 9.17) is 4.74 Å². The van der Waals surface area contributed by atoms with Crippen LogP contribution in [-0.4, -0.2) is 33.9 Å². The highest BCUT2D eigenvalue weighted by Gasteiger charge is 2.04. The van der Waals surface area contributed by atoms with Crippen molar-refractivity contribution in [2.45, 2.75) is 19.4 Å². The fourth-order valence-corrected chi connectivity index (χ4v) is 2.07. The lowest BCUT2D eigenvalue weighted by Gasteiger charge is -1.98. The molecule has 0 unspecified atom stereocenters. The molecule has 0 bridgehead atoms. The summed E-state index contributed by atoms with van der Waals surface area (Å²) in [5.74, 6) is 0.741. The molecule has 0 radical (unpaired) electrons. The zero-order valence-electron chi connectivity index (χ0n) is 10.2. The summed E-state index contributed by atoms with van der Waals surface area (Å²) in [6.45, 7) is 1.45. The van der Waals surface area contributed by atoms with E-state index in [1.807, 2.05) is 12.1 Å². The molecule has 2 rings (SSSR count). The number of halogens is 1. The minimum atomic E-state index is 0.698. The summed E-state index contributed by atoms with van der Waals surface area (Å²) < 4.78 is 6.05. The van der Waals surface area contributed by atoms with Crippen LogP contribution in [0.3, 0.4) is 0 Å². The Morgan fingerprint density at radius 2 is 2.28 bits per heavy atom. The number of tetrazole rings is 1. The van der Waals surface area contributed by atoms with Gasteiger partial charge in [-0.25, -0.2) is 0 Å². The molecule has 1 aromatic heterocycles. The minimum absolute atomic E-state index is 0.698. The van der Waals surface area contributed by atoms with Gasteiger partial charge in [0.05, 0.1) is 6.54 Å². The van der Waals surface area contributed by atoms with E-state index in [-0.39, 0.29) is 0 Å². The molecule has 0 N–H and O–H groups in total. The highest BCUT2D eigenvalue weighted by atomic mass is 79.9. The van der Waals surface area contributed by atoms with Gasteiger partial charge in [-0.1, -0.05) is 28.1 Å². The molecule has 0 atom stereocenters. The number of rotatable bonds is 6. The zero-order chi connectivity index (χ0) is 12.8. The van der Waals surface area contributed by atoms with Crippen molar-refractivity contribution in [3.8, 4) is 0 Å². The summed E-state index contributed by atoms with van der Waals surface area (Å²) in [5.41, 5.74) is 1.17. The Bertz CT molecular complexity index is 500. The second-order valence-electron chi connectivity index (χ2n) is 3.95. The molecule has 0 saturated heterocycles. The summed E-state index contributed by atoms with van der Waals surface area (Å²) in [5, 5.41) is 12.4. The molecule has 0 aliphatic heterocycles. The molecule has 0 aliphatic rings. The Morgan fingerprint density at radius 1 is 1.39 bits per heavy atom. The third kappa shape index (κ3) is 3.89. The number of aromatic nitrogens is 4. The maximum atomic E-state index is 4.98. The van der Waals surface area contributed by atoms with Crippen molar-refractivity contribution in [2.24, 2.45) is 0 Å². The number of hydrogen-bond donors (Lipinski definition) is 0. The number of aryl methyl sites for hydroxylation is 1. The van der Waals surface area contributed by atoms with Gasteiger partial charge in [0, 0.05) is 24.6 Å². The Balaban J connectivity index is 1.94. The Labute approximate surface area is 114 Å². The lowest BCUT2D eigenvalue weighted by molar-refractivity contribution is 0.187. The molecule has 18 heavy (non-hydrogen) atoms. The van der Waals surface area contributed by atoms with Crippen molar-refractivity contribution in [3.63, 3.8) is 0 Å². The van der Waals surface area contributed by atoms with Crippen LogP contribution in [0.1, 0.15) is 17.8 Å². The molecule has 96 valence electrons. The maximum Gasteiger partial charge on any atom is 0.179 e. The third-order valence-corrected chi connectivity index (χ3v) is 2.95. The monoisotopic (exact) mass is 310 g/mol. The van der Waals surface area contributed by atoms with Crippen molar-refractivity contribution in [1.29, 1.82) is 0 Å². The van der Waals surface area contributed by atoms with Crippen molar-refractivity contribution >= 4 is 15.9 Å². The van der Waals surface area contributed by atoms with Crippen LogP contribution in [0, 0.1) is 0 Å². The third-order valence-electron chi connectivity index (χ3n) is 2.45. The van der Waals surface area contributed by atoms with Gasteiger partial charge >= 0.3 is 0 Å². The Hall–Kier alpha value is -1.27. The number of benzene rings is 1. The van der Waals surface area contributed by atoms with Crippen molar-refractivity contribution < 1.29 is 4.74 Å². The fraction of sp³-hybridized carbons (Fsp3) is 0.417. The first-order valence-corrected chi connectivity index (χ1v) is 6.57. The first-order chi connectivity index (χ1) is 8.78. The molecule has 2 aromatic rings. The van der Waals surface area contributed by atoms with Gasteiger partial charge in [-0.2, -0.15) is 4.80 Å². The highest BCUT2D eigenvalue weighted by molar-refractivity contribution is 9.10. The maximum absolute atomic E-state index is 4.98. The van der Waals surface area contributed by atoms with Crippen LogP contribution in [-0.2, 0) is 17.7 Å². The van der Waals surface area contributed by atoms with Crippen LogP contribution < -0.4 is 0 Å². The molecule has 6 heteroatoms. The largest absolute Gasteiger partial charge is 0.385 e. The topological polar surface area (TPSA) is 52.8 Å². The first kappa shape index (κ1) is 13.2. The highest BCUT2D eigenvalue weighted by Crippen LogP contribution is 2.13. The normalized spacial score (nSPS) is 10.8. The van der Waals surface area contributed by atoms with Gasteiger partial charge in [0.1, 0.15) is 0 Å². The van der Waals surface area contributed by atoms with E-state index in [1.165, 1.54) is 5.56 Å². The van der Waals surface area contributed by atoms with Crippen molar-refractivity contribution in [2.75, 3.05) is 13.7 Å². The average molecular weight is 311 g/mol. The van der Waals surface area contributed by atoms with Crippen LogP contribution in [0.5, 0.6) is 0 Å². The number of ether oxygens (including phenoxy) is 1. The molecular formula is C12H15BrN4O. The fourth-order valence-electron chi connectivity index (χ4n) is 1.62. The smallest absolute Gasteiger partial charge is 0.179 e. The molecular weight excluding hydrogens is 296 g/mol. The predicted octanol–water partition coefficient (Wildman–Crippen LogP) is 2.06. The van der Waals surface area contributed by atoms with Gasteiger partial charge in [-0.05, 0) is 29.3 Å². The first-order valence-electron chi connectivity index (χ1n) is 5.78. The summed E-state index contributed by atoms with van der Waals surface area (Å²) >= 11 is 3.45. The summed E-state index contributed by atoms with van der Waals surface area (Å²) in [7, 11) is 1.69. The van der Waals surface area contributed by atoms with Crippen LogP contribution in [0.4, 0.5) is 0 Å². The lowest BCUT2D eigenvalue weighted by atomic mass is 10.1. The predicted molar refractivity (Wildman–Crippen MR) is 71.3 cm³/mol. The van der Waals surface area contributed by atoms with E-state index in [1.54, 1.807) is 11.9 Å². The summed E-state index contributed by atoms with van der Waals surface area (Å²) in [4.78, 5) is 1.62. The van der Waals surface area contributed by atoms with Gasteiger partial charge in [0.2, 0.25) is 0 Å². The number of methoxy groups -OCH3 is 1. The molecule has 0 saturated carbocycles. The van der Waals surface area contributed by atoms with Gasteiger partial charge < -0.3 is 4.74 Å². The molecule has 0 spiro atoms. The van der Waals surface area contributed by atoms with E-state index in [2.05, 4.69) is 43.5 Å². The van der Waals surface area contributed by atoms with E-state index in [9.17, 15) is 0 Å².